The first-order chi connectivity index (χ1) is 9.07. The summed E-state index contributed by atoms with van der Waals surface area (Å²) in [5.41, 5.74) is 1.11. The van der Waals surface area contributed by atoms with Crippen LogP contribution in [0, 0.1) is 0 Å². The van der Waals surface area contributed by atoms with Crippen molar-refractivity contribution < 1.29 is 8.42 Å². The van der Waals surface area contributed by atoms with Crippen LogP contribution in [0.25, 0.3) is 0 Å². The molecule has 0 radical (unpaired) electrons. The minimum atomic E-state index is -3.45. The molecule has 1 aromatic heterocycles. The molecule has 100 valence electrons. The number of hydrogen-bond acceptors (Lipinski definition) is 3. The molecule has 3 rings (SSSR count). The fourth-order valence-corrected chi connectivity index (χ4v) is 4.81. The molecule has 0 bridgehead atoms. The van der Waals surface area contributed by atoms with Crippen molar-refractivity contribution in [3.05, 3.63) is 51.2 Å². The number of halogens is 1. The summed E-state index contributed by atoms with van der Waals surface area (Å²) in [6.07, 6.45) is 0.785. The van der Waals surface area contributed by atoms with E-state index in [0.717, 1.165) is 12.0 Å². The molecule has 0 amide bonds. The summed E-state index contributed by atoms with van der Waals surface area (Å²) in [5, 5.41) is 2.45. The third kappa shape index (κ3) is 2.43. The number of hydrogen-bond donors (Lipinski definition) is 0. The van der Waals surface area contributed by atoms with Gasteiger partial charge in [0, 0.05) is 23.0 Å². The summed E-state index contributed by atoms with van der Waals surface area (Å²) in [7, 11) is -3.45. The zero-order valence-electron chi connectivity index (χ0n) is 10.0. The van der Waals surface area contributed by atoms with E-state index in [2.05, 4.69) is 0 Å². The van der Waals surface area contributed by atoms with Crippen LogP contribution < -0.4 is 0 Å². The van der Waals surface area contributed by atoms with Crippen LogP contribution in [-0.4, -0.2) is 19.3 Å². The molecule has 2 aromatic rings. The highest BCUT2D eigenvalue weighted by Gasteiger charge is 2.28. The molecule has 0 saturated carbocycles. The smallest absolute Gasteiger partial charge is 0.207 e. The van der Waals surface area contributed by atoms with Crippen molar-refractivity contribution in [2.75, 3.05) is 6.54 Å². The first-order valence-corrected chi connectivity index (χ1v) is 8.58. The Bertz CT molecular complexity index is 709. The number of thiophene rings is 1. The molecule has 6 heteroatoms. The molecule has 1 aromatic carbocycles. The zero-order chi connectivity index (χ0) is 13.5. The standard InChI is InChI=1S/C13H12ClNO2S2/c14-11-2-1-3-12(8-11)19(16,17)15-6-4-13-10(9-15)5-7-18-13/h1-3,5,7-8H,4,6,9H2. The molecule has 0 aliphatic carbocycles. The van der Waals surface area contributed by atoms with Crippen LogP contribution in [-0.2, 0) is 23.0 Å². The molecule has 0 unspecified atom stereocenters. The van der Waals surface area contributed by atoms with E-state index in [1.54, 1.807) is 29.5 Å². The number of fused-ring (bicyclic) bond motifs is 1. The second-order valence-electron chi connectivity index (χ2n) is 4.41. The van der Waals surface area contributed by atoms with Gasteiger partial charge < -0.3 is 0 Å². The lowest BCUT2D eigenvalue weighted by molar-refractivity contribution is 0.394. The fraction of sp³-hybridized carbons (Fsp3) is 0.231. The molecular formula is C13H12ClNO2S2. The average molecular weight is 314 g/mol. The molecule has 2 heterocycles. The van der Waals surface area contributed by atoms with Crippen LogP contribution >= 0.6 is 22.9 Å². The summed E-state index contributed by atoms with van der Waals surface area (Å²) in [6.45, 7) is 0.982. The molecular weight excluding hydrogens is 302 g/mol. The Balaban J connectivity index is 1.94. The lowest BCUT2D eigenvalue weighted by Crippen LogP contribution is -2.35. The summed E-state index contributed by atoms with van der Waals surface area (Å²) in [6, 6.07) is 8.42. The third-order valence-electron chi connectivity index (χ3n) is 3.21. The number of sulfonamides is 1. The fourth-order valence-electron chi connectivity index (χ4n) is 2.20. The minimum absolute atomic E-state index is 0.263. The van der Waals surface area contributed by atoms with Gasteiger partial charge in [0.2, 0.25) is 10.0 Å². The van der Waals surface area contributed by atoms with Gasteiger partial charge in [-0.05, 0) is 41.6 Å². The number of nitrogens with zero attached hydrogens (tertiary/aromatic N) is 1. The van der Waals surface area contributed by atoms with Crippen LogP contribution in [0.2, 0.25) is 5.02 Å². The quantitative estimate of drug-likeness (QED) is 0.854. The van der Waals surface area contributed by atoms with E-state index in [9.17, 15) is 8.42 Å². The maximum absolute atomic E-state index is 12.5. The molecule has 0 N–H and O–H groups in total. The Kier molecular flexibility index (Phi) is 3.39. The van der Waals surface area contributed by atoms with E-state index in [-0.39, 0.29) is 4.90 Å². The molecule has 3 nitrogen and oxygen atoms in total. The Morgan fingerprint density at radius 3 is 2.89 bits per heavy atom. The summed E-state index contributed by atoms with van der Waals surface area (Å²) in [5.74, 6) is 0. The highest BCUT2D eigenvalue weighted by molar-refractivity contribution is 7.89. The monoisotopic (exact) mass is 313 g/mol. The maximum Gasteiger partial charge on any atom is 0.243 e. The van der Waals surface area contributed by atoms with Gasteiger partial charge in [0.25, 0.3) is 0 Å². The van der Waals surface area contributed by atoms with Crippen molar-refractivity contribution in [3.8, 4) is 0 Å². The van der Waals surface area contributed by atoms with Gasteiger partial charge in [0.05, 0.1) is 4.90 Å². The second-order valence-corrected chi connectivity index (χ2v) is 7.79. The molecule has 1 aliphatic heterocycles. The van der Waals surface area contributed by atoms with Gasteiger partial charge in [0.1, 0.15) is 0 Å². The van der Waals surface area contributed by atoms with E-state index >= 15 is 0 Å². The van der Waals surface area contributed by atoms with Crippen LogP contribution in [0.15, 0.2) is 40.6 Å². The van der Waals surface area contributed by atoms with Gasteiger partial charge in [-0.25, -0.2) is 8.42 Å². The highest BCUT2D eigenvalue weighted by Crippen LogP contribution is 2.28. The van der Waals surface area contributed by atoms with E-state index in [1.807, 2.05) is 11.4 Å². The predicted molar refractivity (Wildman–Crippen MR) is 77.1 cm³/mol. The van der Waals surface area contributed by atoms with Crippen molar-refractivity contribution in [2.24, 2.45) is 0 Å². The van der Waals surface area contributed by atoms with Crippen molar-refractivity contribution in [3.63, 3.8) is 0 Å². The van der Waals surface area contributed by atoms with Gasteiger partial charge in [-0.3, -0.25) is 0 Å². The molecule has 0 spiro atoms. The van der Waals surface area contributed by atoms with Crippen LogP contribution in [0.1, 0.15) is 10.4 Å². The van der Waals surface area contributed by atoms with Gasteiger partial charge in [-0.2, -0.15) is 4.31 Å². The summed E-state index contributed by atoms with van der Waals surface area (Å²) in [4.78, 5) is 1.55. The topological polar surface area (TPSA) is 37.4 Å². The summed E-state index contributed by atoms with van der Waals surface area (Å²) >= 11 is 7.57. The van der Waals surface area contributed by atoms with Gasteiger partial charge in [-0.15, -0.1) is 11.3 Å². The largest absolute Gasteiger partial charge is 0.243 e. The van der Waals surface area contributed by atoms with Crippen LogP contribution in [0.3, 0.4) is 0 Å². The number of benzene rings is 1. The third-order valence-corrected chi connectivity index (χ3v) is 6.31. The Hall–Kier alpha value is -0.880. The van der Waals surface area contributed by atoms with Gasteiger partial charge in [0.15, 0.2) is 0 Å². The molecule has 19 heavy (non-hydrogen) atoms. The second kappa shape index (κ2) is 4.90. The Labute approximate surface area is 121 Å². The van der Waals surface area contributed by atoms with Gasteiger partial charge in [-0.1, -0.05) is 17.7 Å². The molecule has 0 fully saturated rings. The van der Waals surface area contributed by atoms with E-state index in [1.165, 1.54) is 15.2 Å². The minimum Gasteiger partial charge on any atom is -0.207 e. The van der Waals surface area contributed by atoms with E-state index in [0.29, 0.717) is 18.1 Å². The first kappa shape index (κ1) is 13.1. The molecule has 1 aliphatic rings. The highest BCUT2D eigenvalue weighted by atomic mass is 35.5. The van der Waals surface area contributed by atoms with E-state index < -0.39 is 10.0 Å². The maximum atomic E-state index is 12.5. The Morgan fingerprint density at radius 2 is 2.11 bits per heavy atom. The molecule has 0 saturated heterocycles. The van der Waals surface area contributed by atoms with Gasteiger partial charge >= 0.3 is 0 Å². The SMILES string of the molecule is O=S(=O)(c1cccc(Cl)c1)N1CCc2sccc2C1. The Morgan fingerprint density at radius 1 is 1.26 bits per heavy atom. The zero-order valence-corrected chi connectivity index (χ0v) is 12.4. The normalized spacial score (nSPS) is 16.3. The van der Waals surface area contributed by atoms with Crippen molar-refractivity contribution in [2.45, 2.75) is 17.9 Å². The lowest BCUT2D eigenvalue weighted by Gasteiger charge is -2.26. The predicted octanol–water partition coefficient (Wildman–Crippen LogP) is 3.15. The van der Waals surface area contributed by atoms with Crippen LogP contribution in [0.4, 0.5) is 0 Å². The van der Waals surface area contributed by atoms with E-state index in [4.69, 9.17) is 11.6 Å². The first-order valence-electron chi connectivity index (χ1n) is 5.88. The summed E-state index contributed by atoms with van der Waals surface area (Å²) < 4.78 is 26.6. The lowest BCUT2D eigenvalue weighted by atomic mass is 10.1. The van der Waals surface area contributed by atoms with Crippen molar-refractivity contribution in [1.29, 1.82) is 0 Å². The molecule has 0 atom stereocenters. The number of rotatable bonds is 2. The average Bonchev–Trinajstić information content (AvgIpc) is 2.85. The van der Waals surface area contributed by atoms with Crippen molar-refractivity contribution in [1.82, 2.24) is 4.31 Å². The van der Waals surface area contributed by atoms with Crippen molar-refractivity contribution >= 4 is 33.0 Å². The van der Waals surface area contributed by atoms with Crippen LogP contribution in [0.5, 0.6) is 0 Å².